The van der Waals surface area contributed by atoms with Crippen LogP contribution in [0.1, 0.15) is 9.67 Å². The van der Waals surface area contributed by atoms with Crippen LogP contribution in [0.15, 0.2) is 54.6 Å². The molecular weight excluding hydrogens is 364 g/mol. The monoisotopic (exact) mass is 377 g/mol. The summed E-state index contributed by atoms with van der Waals surface area (Å²) in [5.74, 6) is -1.14. The predicted molar refractivity (Wildman–Crippen MR) is 93.8 cm³/mol. The van der Waals surface area contributed by atoms with Crippen molar-refractivity contribution >= 4 is 39.0 Å². The van der Waals surface area contributed by atoms with E-state index >= 15 is 0 Å². The molecule has 2 aromatic carbocycles. The third kappa shape index (κ3) is 4.54. The quantitative estimate of drug-likeness (QED) is 0.651. The first-order chi connectivity index (χ1) is 12.5. The van der Waals surface area contributed by atoms with Crippen LogP contribution in [0.4, 0.5) is 14.5 Å². The van der Waals surface area contributed by atoms with Crippen molar-refractivity contribution in [2.24, 2.45) is 0 Å². The van der Waals surface area contributed by atoms with Crippen molar-refractivity contribution in [3.63, 3.8) is 0 Å². The molecule has 0 aliphatic carbocycles. The van der Waals surface area contributed by atoms with Gasteiger partial charge in [-0.3, -0.25) is 4.79 Å². The molecule has 134 valence electrons. The van der Waals surface area contributed by atoms with E-state index in [2.05, 4.69) is 10.1 Å². The lowest BCUT2D eigenvalue weighted by Crippen LogP contribution is -2.20. The molecule has 0 aliphatic heterocycles. The molecule has 0 unspecified atom stereocenters. The average Bonchev–Trinajstić information content (AvgIpc) is 3.05. The summed E-state index contributed by atoms with van der Waals surface area (Å²) < 4.78 is 34.3. The van der Waals surface area contributed by atoms with Gasteiger partial charge < -0.3 is 14.8 Å². The minimum Gasteiger partial charge on any atom is -0.451 e. The normalized spacial score (nSPS) is 10.7. The van der Waals surface area contributed by atoms with E-state index in [-0.39, 0.29) is 5.75 Å². The highest BCUT2D eigenvalue weighted by atomic mass is 32.1. The van der Waals surface area contributed by atoms with Gasteiger partial charge in [0.15, 0.2) is 6.61 Å². The summed E-state index contributed by atoms with van der Waals surface area (Å²) in [6, 6.07) is 14.6. The number of ether oxygens (including phenoxy) is 2. The standard InChI is InChI=1S/C18H13F2NO4S/c19-18(20)25-13-7-5-12(6-8-13)21-16(22)10-24-17(23)15-9-11-3-1-2-4-14(11)26-15/h1-9,18H,10H2,(H,21,22). The number of esters is 1. The highest BCUT2D eigenvalue weighted by Crippen LogP contribution is 2.25. The molecule has 0 spiro atoms. The van der Waals surface area contributed by atoms with Gasteiger partial charge in [-0.2, -0.15) is 8.78 Å². The van der Waals surface area contributed by atoms with Gasteiger partial charge >= 0.3 is 12.6 Å². The molecule has 5 nitrogen and oxygen atoms in total. The Morgan fingerprint density at radius 1 is 1.08 bits per heavy atom. The largest absolute Gasteiger partial charge is 0.451 e. The molecule has 0 atom stereocenters. The van der Waals surface area contributed by atoms with Crippen LogP contribution in [0.5, 0.6) is 5.75 Å². The Morgan fingerprint density at radius 2 is 1.81 bits per heavy atom. The van der Waals surface area contributed by atoms with E-state index in [0.717, 1.165) is 10.1 Å². The van der Waals surface area contributed by atoms with Gasteiger partial charge in [0.2, 0.25) is 0 Å². The van der Waals surface area contributed by atoms with Crippen molar-refractivity contribution in [2.75, 3.05) is 11.9 Å². The second-order valence-corrected chi connectivity index (χ2v) is 6.26. The zero-order chi connectivity index (χ0) is 18.5. The lowest BCUT2D eigenvalue weighted by Gasteiger charge is -2.07. The van der Waals surface area contributed by atoms with Crippen molar-refractivity contribution in [3.05, 3.63) is 59.5 Å². The summed E-state index contributed by atoms with van der Waals surface area (Å²) >= 11 is 1.29. The third-order valence-electron chi connectivity index (χ3n) is 3.32. The second-order valence-electron chi connectivity index (χ2n) is 5.18. The molecule has 0 radical (unpaired) electrons. The summed E-state index contributed by atoms with van der Waals surface area (Å²) in [5.41, 5.74) is 0.370. The number of carbonyl (C=O) groups is 2. The van der Waals surface area contributed by atoms with E-state index in [1.54, 1.807) is 6.07 Å². The van der Waals surface area contributed by atoms with Crippen LogP contribution < -0.4 is 10.1 Å². The van der Waals surface area contributed by atoms with E-state index in [4.69, 9.17) is 4.74 Å². The Bertz CT molecular complexity index is 891. The minimum atomic E-state index is -2.91. The number of rotatable bonds is 6. The molecule has 1 amide bonds. The molecule has 3 rings (SSSR count). The van der Waals surface area contributed by atoms with Gasteiger partial charge in [0.05, 0.1) is 0 Å². The Labute approximate surface area is 151 Å². The number of carbonyl (C=O) groups excluding carboxylic acids is 2. The minimum absolute atomic E-state index is 0.0193. The van der Waals surface area contributed by atoms with Crippen molar-refractivity contribution < 1.29 is 27.8 Å². The van der Waals surface area contributed by atoms with Crippen molar-refractivity contribution in [1.82, 2.24) is 0 Å². The molecule has 0 aliphatic rings. The first kappa shape index (κ1) is 17.8. The SMILES string of the molecule is O=C(COC(=O)c1cc2ccccc2s1)Nc1ccc(OC(F)F)cc1. The van der Waals surface area contributed by atoms with Crippen LogP contribution in [0.25, 0.3) is 10.1 Å². The number of nitrogens with one attached hydrogen (secondary N) is 1. The zero-order valence-electron chi connectivity index (χ0n) is 13.3. The molecule has 1 N–H and O–H groups in total. The average molecular weight is 377 g/mol. The smallest absolute Gasteiger partial charge is 0.387 e. The predicted octanol–water partition coefficient (Wildman–Crippen LogP) is 4.30. The second kappa shape index (κ2) is 7.92. The number of amides is 1. The fourth-order valence-corrected chi connectivity index (χ4v) is 3.16. The van der Waals surface area contributed by atoms with Gasteiger partial charge in [-0.25, -0.2) is 4.79 Å². The number of halogens is 2. The zero-order valence-corrected chi connectivity index (χ0v) is 14.1. The maximum atomic E-state index is 12.1. The fourth-order valence-electron chi connectivity index (χ4n) is 2.20. The lowest BCUT2D eigenvalue weighted by atomic mass is 10.2. The van der Waals surface area contributed by atoms with E-state index in [9.17, 15) is 18.4 Å². The molecule has 1 aromatic heterocycles. The summed E-state index contributed by atoms with van der Waals surface area (Å²) in [6.07, 6.45) is 0. The number of alkyl halides is 2. The molecule has 26 heavy (non-hydrogen) atoms. The topological polar surface area (TPSA) is 64.6 Å². The summed E-state index contributed by atoms with van der Waals surface area (Å²) in [7, 11) is 0. The van der Waals surface area contributed by atoms with E-state index in [1.807, 2.05) is 24.3 Å². The van der Waals surface area contributed by atoms with Gasteiger partial charge in [-0.1, -0.05) is 18.2 Å². The number of hydrogen-bond acceptors (Lipinski definition) is 5. The van der Waals surface area contributed by atoms with Crippen LogP contribution >= 0.6 is 11.3 Å². The van der Waals surface area contributed by atoms with Gasteiger partial charge in [0, 0.05) is 10.4 Å². The molecule has 1 heterocycles. The van der Waals surface area contributed by atoms with Crippen molar-refractivity contribution in [2.45, 2.75) is 6.61 Å². The maximum absolute atomic E-state index is 12.1. The van der Waals surface area contributed by atoms with Gasteiger partial charge in [0.25, 0.3) is 5.91 Å². The number of thiophene rings is 1. The van der Waals surface area contributed by atoms with Gasteiger partial charge in [-0.05, 0) is 41.8 Å². The Hall–Kier alpha value is -3.00. The first-order valence-corrected chi connectivity index (χ1v) is 8.33. The van der Waals surface area contributed by atoms with E-state index < -0.39 is 25.1 Å². The summed E-state index contributed by atoms with van der Waals surface area (Å²) in [4.78, 5) is 24.3. The van der Waals surface area contributed by atoms with Gasteiger partial charge in [-0.15, -0.1) is 11.3 Å². The van der Waals surface area contributed by atoms with Crippen LogP contribution in [-0.2, 0) is 9.53 Å². The van der Waals surface area contributed by atoms with Crippen molar-refractivity contribution in [1.29, 1.82) is 0 Å². The lowest BCUT2D eigenvalue weighted by molar-refractivity contribution is -0.119. The maximum Gasteiger partial charge on any atom is 0.387 e. The molecule has 0 saturated carbocycles. The molecule has 0 fully saturated rings. The summed E-state index contributed by atoms with van der Waals surface area (Å²) in [6.45, 7) is -3.37. The van der Waals surface area contributed by atoms with E-state index in [1.165, 1.54) is 35.6 Å². The highest BCUT2D eigenvalue weighted by Gasteiger charge is 2.13. The van der Waals surface area contributed by atoms with Crippen LogP contribution in [-0.4, -0.2) is 25.1 Å². The fraction of sp³-hybridized carbons (Fsp3) is 0.111. The molecule has 8 heteroatoms. The first-order valence-electron chi connectivity index (χ1n) is 7.52. The van der Waals surface area contributed by atoms with Crippen LogP contribution in [0.3, 0.4) is 0 Å². The number of hydrogen-bond donors (Lipinski definition) is 1. The Morgan fingerprint density at radius 3 is 2.50 bits per heavy atom. The highest BCUT2D eigenvalue weighted by molar-refractivity contribution is 7.20. The molecule has 0 bridgehead atoms. The molecular formula is C18H13F2NO4S. The number of anilines is 1. The number of fused-ring (bicyclic) bond motifs is 1. The van der Waals surface area contributed by atoms with Crippen LogP contribution in [0, 0.1) is 0 Å². The molecule has 0 saturated heterocycles. The third-order valence-corrected chi connectivity index (χ3v) is 4.42. The summed E-state index contributed by atoms with van der Waals surface area (Å²) in [5, 5.41) is 3.43. The molecule has 3 aromatic rings. The van der Waals surface area contributed by atoms with E-state index in [0.29, 0.717) is 10.6 Å². The Kier molecular flexibility index (Phi) is 5.43. The van der Waals surface area contributed by atoms with Crippen molar-refractivity contribution in [3.8, 4) is 5.75 Å². The number of benzene rings is 2. The van der Waals surface area contributed by atoms with Gasteiger partial charge in [0.1, 0.15) is 10.6 Å². The Balaban J connectivity index is 1.52. The van der Waals surface area contributed by atoms with Crippen LogP contribution in [0.2, 0.25) is 0 Å².